The number of hydrogen-bond acceptors (Lipinski definition) is 3. The average Bonchev–Trinajstić information content (AvgIpc) is 3.16. The summed E-state index contributed by atoms with van der Waals surface area (Å²) in [6.07, 6.45) is 1.90. The van der Waals surface area contributed by atoms with E-state index >= 15 is 0 Å². The maximum atomic E-state index is 11.9. The third kappa shape index (κ3) is 2.45. The lowest BCUT2D eigenvalue weighted by Gasteiger charge is -2.13. The summed E-state index contributed by atoms with van der Waals surface area (Å²) in [7, 11) is 0. The van der Waals surface area contributed by atoms with Gasteiger partial charge >= 0.3 is 0 Å². The van der Waals surface area contributed by atoms with Gasteiger partial charge in [0.2, 0.25) is 0 Å². The molecule has 1 aromatic carbocycles. The summed E-state index contributed by atoms with van der Waals surface area (Å²) in [5.41, 5.74) is 0.652. The van der Waals surface area contributed by atoms with Crippen LogP contribution in [0.5, 0.6) is 0 Å². The number of nitrogens with zero attached hydrogens (tertiary/aromatic N) is 1. The molecule has 1 fully saturated rings. The van der Waals surface area contributed by atoms with E-state index in [1.54, 1.807) is 24.3 Å². The SMILES string of the molecule is N#Cc1ccccc1C(=O)NCC1(CO)CC1. The van der Waals surface area contributed by atoms with Gasteiger partial charge in [-0.05, 0) is 25.0 Å². The van der Waals surface area contributed by atoms with Crippen LogP contribution >= 0.6 is 0 Å². The van der Waals surface area contributed by atoms with Gasteiger partial charge in [0.25, 0.3) is 5.91 Å². The molecule has 88 valence electrons. The number of carbonyl (C=O) groups excluding carboxylic acids is 1. The van der Waals surface area contributed by atoms with Gasteiger partial charge in [-0.1, -0.05) is 12.1 Å². The Hall–Kier alpha value is -1.86. The van der Waals surface area contributed by atoms with E-state index in [1.807, 2.05) is 6.07 Å². The van der Waals surface area contributed by atoms with E-state index in [2.05, 4.69) is 5.32 Å². The molecule has 2 N–H and O–H groups in total. The molecule has 4 nitrogen and oxygen atoms in total. The Balaban J connectivity index is 2.03. The lowest BCUT2D eigenvalue weighted by Crippen LogP contribution is -2.32. The molecular formula is C13H14N2O2. The molecule has 1 aliphatic carbocycles. The Labute approximate surface area is 99.9 Å². The summed E-state index contributed by atoms with van der Waals surface area (Å²) < 4.78 is 0. The number of hydrogen-bond donors (Lipinski definition) is 2. The predicted molar refractivity (Wildman–Crippen MR) is 62.2 cm³/mol. The van der Waals surface area contributed by atoms with Gasteiger partial charge in [-0.15, -0.1) is 0 Å². The van der Waals surface area contributed by atoms with E-state index in [0.717, 1.165) is 12.8 Å². The fraction of sp³-hybridized carbons (Fsp3) is 0.385. The maximum absolute atomic E-state index is 11.9. The minimum absolute atomic E-state index is 0.104. The fourth-order valence-corrected chi connectivity index (χ4v) is 1.71. The molecule has 0 spiro atoms. The highest BCUT2D eigenvalue weighted by atomic mass is 16.3. The summed E-state index contributed by atoms with van der Waals surface area (Å²) in [6.45, 7) is 0.579. The number of rotatable bonds is 4. The maximum Gasteiger partial charge on any atom is 0.252 e. The molecule has 0 heterocycles. The van der Waals surface area contributed by atoms with Gasteiger partial charge in [0.1, 0.15) is 0 Å². The van der Waals surface area contributed by atoms with Gasteiger partial charge < -0.3 is 10.4 Å². The lowest BCUT2D eigenvalue weighted by atomic mass is 10.1. The minimum atomic E-state index is -0.248. The number of aliphatic hydroxyl groups is 1. The second kappa shape index (κ2) is 4.56. The minimum Gasteiger partial charge on any atom is -0.396 e. The fourth-order valence-electron chi connectivity index (χ4n) is 1.71. The summed E-state index contributed by atoms with van der Waals surface area (Å²) in [5, 5.41) is 20.8. The van der Waals surface area contributed by atoms with Crippen molar-refractivity contribution in [2.24, 2.45) is 5.41 Å². The van der Waals surface area contributed by atoms with Crippen LogP contribution in [0.3, 0.4) is 0 Å². The van der Waals surface area contributed by atoms with Crippen molar-refractivity contribution >= 4 is 5.91 Å². The Bertz CT molecular complexity index is 473. The van der Waals surface area contributed by atoms with Crippen LogP contribution in [0, 0.1) is 16.7 Å². The first-order chi connectivity index (χ1) is 8.21. The third-order valence-electron chi connectivity index (χ3n) is 3.21. The van der Waals surface area contributed by atoms with Gasteiger partial charge in [-0.25, -0.2) is 0 Å². The molecule has 0 bridgehead atoms. The van der Waals surface area contributed by atoms with Crippen molar-refractivity contribution in [2.75, 3.05) is 13.2 Å². The number of carbonyl (C=O) groups is 1. The molecule has 1 aliphatic rings. The molecule has 0 aliphatic heterocycles. The first-order valence-corrected chi connectivity index (χ1v) is 5.59. The van der Waals surface area contributed by atoms with Crippen LogP contribution in [0.1, 0.15) is 28.8 Å². The van der Waals surface area contributed by atoms with Crippen molar-refractivity contribution in [3.8, 4) is 6.07 Å². The highest BCUT2D eigenvalue weighted by Crippen LogP contribution is 2.44. The van der Waals surface area contributed by atoms with E-state index in [4.69, 9.17) is 10.4 Å². The van der Waals surface area contributed by atoms with Crippen molar-refractivity contribution in [3.63, 3.8) is 0 Å². The first-order valence-electron chi connectivity index (χ1n) is 5.59. The number of aliphatic hydroxyl groups excluding tert-OH is 1. The Morgan fingerprint density at radius 2 is 2.18 bits per heavy atom. The van der Waals surface area contributed by atoms with Crippen molar-refractivity contribution in [1.82, 2.24) is 5.32 Å². The van der Waals surface area contributed by atoms with Crippen LogP contribution in [0.2, 0.25) is 0 Å². The lowest BCUT2D eigenvalue weighted by molar-refractivity contribution is 0.0935. The summed E-state index contributed by atoms with van der Waals surface area (Å²) in [4.78, 5) is 11.9. The van der Waals surface area contributed by atoms with Gasteiger partial charge in [0.05, 0.1) is 23.8 Å². The number of nitrogens with one attached hydrogen (secondary N) is 1. The topological polar surface area (TPSA) is 73.1 Å². The zero-order valence-electron chi connectivity index (χ0n) is 9.44. The number of nitriles is 1. The van der Waals surface area contributed by atoms with Crippen molar-refractivity contribution in [1.29, 1.82) is 5.26 Å². The van der Waals surface area contributed by atoms with E-state index in [-0.39, 0.29) is 17.9 Å². The summed E-state index contributed by atoms with van der Waals surface area (Å²) in [6, 6.07) is 8.70. The standard InChI is InChI=1S/C13H14N2O2/c14-7-10-3-1-2-4-11(10)12(17)15-8-13(9-16)5-6-13/h1-4,16H,5-6,8-9H2,(H,15,17). The Morgan fingerprint density at radius 1 is 1.47 bits per heavy atom. The van der Waals surface area contributed by atoms with Crippen LogP contribution in [0.15, 0.2) is 24.3 Å². The zero-order valence-corrected chi connectivity index (χ0v) is 9.44. The highest BCUT2D eigenvalue weighted by molar-refractivity contribution is 5.96. The van der Waals surface area contributed by atoms with Gasteiger partial charge in [-0.2, -0.15) is 5.26 Å². The molecule has 1 saturated carbocycles. The molecule has 0 atom stereocenters. The summed E-state index contributed by atoms with van der Waals surface area (Å²) in [5.74, 6) is -0.248. The number of benzene rings is 1. The molecular weight excluding hydrogens is 216 g/mol. The molecule has 4 heteroatoms. The molecule has 17 heavy (non-hydrogen) atoms. The van der Waals surface area contributed by atoms with Crippen molar-refractivity contribution < 1.29 is 9.90 Å². The van der Waals surface area contributed by atoms with E-state index < -0.39 is 0 Å². The molecule has 2 rings (SSSR count). The van der Waals surface area contributed by atoms with E-state index in [1.165, 1.54) is 0 Å². The summed E-state index contributed by atoms with van der Waals surface area (Å²) >= 11 is 0. The smallest absolute Gasteiger partial charge is 0.252 e. The normalized spacial score (nSPS) is 16.0. The van der Waals surface area contributed by atoms with Crippen LogP contribution < -0.4 is 5.32 Å². The second-order valence-corrected chi connectivity index (χ2v) is 4.50. The predicted octanol–water partition coefficient (Wildman–Crippen LogP) is 1.06. The average molecular weight is 230 g/mol. The second-order valence-electron chi connectivity index (χ2n) is 4.50. The first kappa shape index (κ1) is 11.6. The van der Waals surface area contributed by atoms with Crippen LogP contribution in [-0.2, 0) is 0 Å². The molecule has 0 radical (unpaired) electrons. The van der Waals surface area contributed by atoms with Crippen LogP contribution in [0.4, 0.5) is 0 Å². The van der Waals surface area contributed by atoms with Crippen LogP contribution in [-0.4, -0.2) is 24.2 Å². The monoisotopic (exact) mass is 230 g/mol. The van der Waals surface area contributed by atoms with Gasteiger partial charge in [-0.3, -0.25) is 4.79 Å². The third-order valence-corrected chi connectivity index (χ3v) is 3.21. The largest absolute Gasteiger partial charge is 0.396 e. The molecule has 1 aromatic rings. The zero-order chi connectivity index (χ0) is 12.3. The quantitative estimate of drug-likeness (QED) is 0.812. The van der Waals surface area contributed by atoms with Gasteiger partial charge in [0.15, 0.2) is 0 Å². The van der Waals surface area contributed by atoms with Crippen molar-refractivity contribution in [2.45, 2.75) is 12.8 Å². The number of amides is 1. The molecule has 1 amide bonds. The molecule has 0 aromatic heterocycles. The Kier molecular flexibility index (Phi) is 3.12. The van der Waals surface area contributed by atoms with Gasteiger partial charge in [0, 0.05) is 12.0 Å². The van der Waals surface area contributed by atoms with Crippen molar-refractivity contribution in [3.05, 3.63) is 35.4 Å². The van der Waals surface area contributed by atoms with E-state index in [9.17, 15) is 4.79 Å². The van der Waals surface area contributed by atoms with Crippen LogP contribution in [0.25, 0.3) is 0 Å². The Morgan fingerprint density at radius 3 is 2.76 bits per heavy atom. The van der Waals surface area contributed by atoms with E-state index in [0.29, 0.717) is 17.7 Å². The molecule has 0 saturated heterocycles. The highest BCUT2D eigenvalue weighted by Gasteiger charge is 2.42. The molecule has 0 unspecified atom stereocenters.